The normalized spacial score (nSPS) is 35.5. The number of hydrogen-bond donors (Lipinski definition) is 2. The third kappa shape index (κ3) is 3.36. The van der Waals surface area contributed by atoms with Crippen molar-refractivity contribution in [2.24, 2.45) is 40.3 Å². The first kappa shape index (κ1) is 15.0. The summed E-state index contributed by atoms with van der Waals surface area (Å²) in [4.78, 5) is 8.99. The molecule has 4 aliphatic carbocycles. The summed E-state index contributed by atoms with van der Waals surface area (Å²) in [5.74, 6) is 5.32. The van der Waals surface area contributed by atoms with Crippen molar-refractivity contribution >= 4 is 5.96 Å². The van der Waals surface area contributed by atoms with E-state index in [1.165, 1.54) is 32.1 Å². The van der Waals surface area contributed by atoms with Crippen LogP contribution in [0.2, 0.25) is 0 Å². The zero-order chi connectivity index (χ0) is 15.6. The van der Waals surface area contributed by atoms with Gasteiger partial charge >= 0.3 is 0 Å². The van der Waals surface area contributed by atoms with Crippen LogP contribution in [0.5, 0.6) is 0 Å². The molecule has 0 radical (unpaired) electrons. The van der Waals surface area contributed by atoms with Gasteiger partial charge in [0.1, 0.15) is 0 Å². The van der Waals surface area contributed by atoms with E-state index in [9.17, 15) is 0 Å². The molecule has 1 aromatic rings. The van der Waals surface area contributed by atoms with Crippen molar-refractivity contribution in [1.29, 1.82) is 0 Å². The summed E-state index contributed by atoms with van der Waals surface area (Å²) in [6, 6.07) is 6.01. The van der Waals surface area contributed by atoms with Crippen molar-refractivity contribution in [2.45, 2.75) is 38.5 Å². The molecule has 124 valence electrons. The fraction of sp³-hybridized carbons (Fsp3) is 0.684. The largest absolute Gasteiger partial charge is 0.370 e. The maximum atomic E-state index is 6.06. The van der Waals surface area contributed by atoms with Crippen LogP contribution in [-0.4, -0.2) is 24.0 Å². The van der Waals surface area contributed by atoms with E-state index in [2.05, 4.69) is 15.3 Å². The van der Waals surface area contributed by atoms with Crippen molar-refractivity contribution in [3.8, 4) is 0 Å². The molecule has 4 bridgehead atoms. The summed E-state index contributed by atoms with van der Waals surface area (Å²) in [6.45, 7) is 1.73. The number of nitrogens with one attached hydrogen (secondary N) is 1. The first-order valence-electron chi connectivity index (χ1n) is 9.21. The number of aromatic nitrogens is 1. The minimum atomic E-state index is 0.606. The fourth-order valence-electron chi connectivity index (χ4n) is 5.46. The van der Waals surface area contributed by atoms with E-state index >= 15 is 0 Å². The van der Waals surface area contributed by atoms with Gasteiger partial charge in [0, 0.05) is 31.4 Å². The lowest BCUT2D eigenvalue weighted by Gasteiger charge is -2.54. The Morgan fingerprint density at radius 2 is 1.87 bits per heavy atom. The van der Waals surface area contributed by atoms with E-state index in [-0.39, 0.29) is 0 Å². The van der Waals surface area contributed by atoms with Crippen molar-refractivity contribution in [1.82, 2.24) is 10.3 Å². The van der Waals surface area contributed by atoms with Crippen LogP contribution in [0.1, 0.15) is 37.8 Å². The Bertz CT molecular complexity index is 526. The molecule has 4 aliphatic rings. The average molecular weight is 312 g/mol. The van der Waals surface area contributed by atoms with E-state index in [0.717, 1.165) is 54.8 Å². The topological polar surface area (TPSA) is 63.3 Å². The lowest BCUT2D eigenvalue weighted by atomic mass is 9.52. The molecule has 23 heavy (non-hydrogen) atoms. The van der Waals surface area contributed by atoms with Crippen LogP contribution in [0.15, 0.2) is 29.4 Å². The molecular weight excluding hydrogens is 284 g/mol. The number of hydrogen-bond acceptors (Lipinski definition) is 2. The van der Waals surface area contributed by atoms with Crippen LogP contribution in [0.3, 0.4) is 0 Å². The Morgan fingerprint density at radius 1 is 1.13 bits per heavy atom. The highest BCUT2D eigenvalue weighted by atomic mass is 15.1. The Balaban J connectivity index is 1.25. The van der Waals surface area contributed by atoms with Crippen LogP contribution in [0.25, 0.3) is 0 Å². The third-order valence-corrected chi connectivity index (χ3v) is 6.31. The second-order valence-corrected chi connectivity index (χ2v) is 7.82. The second kappa shape index (κ2) is 6.50. The highest BCUT2D eigenvalue weighted by Gasteiger charge is 2.47. The molecule has 0 unspecified atom stereocenters. The van der Waals surface area contributed by atoms with Gasteiger partial charge < -0.3 is 11.1 Å². The Kier molecular flexibility index (Phi) is 4.23. The lowest BCUT2D eigenvalue weighted by molar-refractivity contribution is -0.0320. The van der Waals surface area contributed by atoms with E-state index in [1.807, 2.05) is 24.4 Å². The van der Waals surface area contributed by atoms with E-state index in [1.54, 1.807) is 0 Å². The number of nitrogens with zero attached hydrogens (tertiary/aromatic N) is 2. The average Bonchev–Trinajstić information content (AvgIpc) is 2.54. The second-order valence-electron chi connectivity index (χ2n) is 7.82. The zero-order valence-corrected chi connectivity index (χ0v) is 13.8. The van der Waals surface area contributed by atoms with Gasteiger partial charge in [-0.15, -0.1) is 0 Å². The van der Waals surface area contributed by atoms with Gasteiger partial charge in [-0.2, -0.15) is 0 Å². The van der Waals surface area contributed by atoms with Gasteiger partial charge in [-0.05, 0) is 73.8 Å². The molecule has 0 aliphatic heterocycles. The number of rotatable bonds is 5. The van der Waals surface area contributed by atoms with Gasteiger partial charge in [0.2, 0.25) is 0 Å². The highest BCUT2D eigenvalue weighted by molar-refractivity contribution is 5.77. The highest BCUT2D eigenvalue weighted by Crippen LogP contribution is 2.56. The Labute approximate surface area is 139 Å². The molecule has 4 heteroatoms. The molecule has 4 nitrogen and oxygen atoms in total. The number of aliphatic imine (C=N–C) groups is 1. The summed E-state index contributed by atoms with van der Waals surface area (Å²) in [5, 5.41) is 3.24. The maximum absolute atomic E-state index is 6.06. The molecule has 0 saturated heterocycles. The van der Waals surface area contributed by atoms with Crippen molar-refractivity contribution in [3.05, 3.63) is 30.1 Å². The van der Waals surface area contributed by atoms with E-state index in [4.69, 9.17) is 5.73 Å². The van der Waals surface area contributed by atoms with Crippen LogP contribution in [0.4, 0.5) is 0 Å². The molecule has 1 aromatic heterocycles. The monoisotopic (exact) mass is 312 g/mol. The van der Waals surface area contributed by atoms with E-state index < -0.39 is 0 Å². The van der Waals surface area contributed by atoms with Crippen LogP contribution >= 0.6 is 0 Å². The molecule has 5 rings (SSSR count). The number of nitrogens with two attached hydrogens (primary N) is 1. The first-order valence-corrected chi connectivity index (χ1v) is 9.21. The number of guanidine groups is 1. The standard InChI is InChI=1S/C19H28N4/c20-19(22-6-4-17-3-1-2-5-21-17)23-12-18-15-8-13-7-14(10-15)11-16(18)9-13/h1-3,5,13-16,18H,4,6-12H2,(H3,20,22,23). The molecule has 4 saturated carbocycles. The summed E-state index contributed by atoms with van der Waals surface area (Å²) in [5.41, 5.74) is 7.15. The van der Waals surface area contributed by atoms with E-state index in [0.29, 0.717) is 5.96 Å². The molecule has 3 N–H and O–H groups in total. The predicted molar refractivity (Wildman–Crippen MR) is 93.0 cm³/mol. The number of pyridine rings is 1. The Hall–Kier alpha value is -1.58. The molecule has 0 spiro atoms. The molecule has 4 fully saturated rings. The van der Waals surface area contributed by atoms with Crippen LogP contribution < -0.4 is 11.1 Å². The SMILES string of the molecule is NC(=NCC1C2CC3CC(C2)CC1C3)NCCc1ccccn1. The molecule has 0 atom stereocenters. The molecule has 1 heterocycles. The lowest BCUT2D eigenvalue weighted by Crippen LogP contribution is -2.46. The molecule has 0 aromatic carbocycles. The minimum absolute atomic E-state index is 0.606. The zero-order valence-electron chi connectivity index (χ0n) is 13.8. The van der Waals surface area contributed by atoms with Gasteiger partial charge in [-0.1, -0.05) is 6.07 Å². The third-order valence-electron chi connectivity index (χ3n) is 6.31. The Morgan fingerprint density at radius 3 is 2.52 bits per heavy atom. The summed E-state index contributed by atoms with van der Waals surface area (Å²) >= 11 is 0. The first-order chi connectivity index (χ1) is 11.3. The molecular formula is C19H28N4. The van der Waals surface area contributed by atoms with Gasteiger partial charge in [0.05, 0.1) is 0 Å². The van der Waals surface area contributed by atoms with Crippen molar-refractivity contribution in [2.75, 3.05) is 13.1 Å². The smallest absolute Gasteiger partial charge is 0.188 e. The minimum Gasteiger partial charge on any atom is -0.370 e. The summed E-state index contributed by atoms with van der Waals surface area (Å²) in [7, 11) is 0. The van der Waals surface area contributed by atoms with Gasteiger partial charge in [-0.3, -0.25) is 9.98 Å². The fourth-order valence-corrected chi connectivity index (χ4v) is 5.46. The van der Waals surface area contributed by atoms with Gasteiger partial charge in [0.15, 0.2) is 5.96 Å². The predicted octanol–water partition coefficient (Wildman–Crippen LogP) is 2.60. The van der Waals surface area contributed by atoms with Crippen LogP contribution in [-0.2, 0) is 6.42 Å². The van der Waals surface area contributed by atoms with Crippen molar-refractivity contribution < 1.29 is 0 Å². The quantitative estimate of drug-likeness (QED) is 0.649. The maximum Gasteiger partial charge on any atom is 0.188 e. The van der Waals surface area contributed by atoms with Crippen molar-refractivity contribution in [3.63, 3.8) is 0 Å². The van der Waals surface area contributed by atoms with Gasteiger partial charge in [-0.25, -0.2) is 0 Å². The summed E-state index contributed by atoms with van der Waals surface area (Å²) in [6.07, 6.45) is 10.1. The summed E-state index contributed by atoms with van der Waals surface area (Å²) < 4.78 is 0. The van der Waals surface area contributed by atoms with Crippen LogP contribution in [0, 0.1) is 29.6 Å². The molecule has 0 amide bonds. The van der Waals surface area contributed by atoms with Gasteiger partial charge in [0.25, 0.3) is 0 Å².